The lowest BCUT2D eigenvalue weighted by atomic mass is 9.85. The largest absolute Gasteiger partial charge is 0.468 e. The molecule has 0 spiro atoms. The minimum absolute atomic E-state index is 0.194. The lowest BCUT2D eigenvalue weighted by Crippen LogP contribution is -2.59. The van der Waals surface area contributed by atoms with E-state index < -0.39 is 17.6 Å². The second kappa shape index (κ2) is 7.77. The number of hydrogen-bond donors (Lipinski definition) is 1. The number of carbonyl (C=O) groups excluding carboxylic acids is 1. The van der Waals surface area contributed by atoms with Gasteiger partial charge in [-0.1, -0.05) is 0 Å². The quantitative estimate of drug-likeness (QED) is 0.735. The van der Waals surface area contributed by atoms with Crippen molar-refractivity contribution in [1.29, 1.82) is 0 Å². The van der Waals surface area contributed by atoms with Gasteiger partial charge in [0, 0.05) is 33.2 Å². The maximum atomic E-state index is 12.3. The molecule has 0 bridgehead atoms. The molecule has 0 saturated carbocycles. The third-order valence-electron chi connectivity index (χ3n) is 4.36. The second-order valence-electron chi connectivity index (χ2n) is 5.70. The summed E-state index contributed by atoms with van der Waals surface area (Å²) in [7, 11) is 2.94. The fraction of sp³-hybridized carbons (Fsp3) is 0.562. The predicted octanol–water partition coefficient (Wildman–Crippen LogP) is 1.16. The zero-order valence-corrected chi connectivity index (χ0v) is 14.2. The van der Waals surface area contributed by atoms with Crippen molar-refractivity contribution in [2.75, 3.05) is 27.4 Å². The molecule has 0 aliphatic carbocycles. The van der Waals surface area contributed by atoms with E-state index in [9.17, 15) is 4.79 Å². The number of nitrogens with one attached hydrogen (secondary N) is 1. The maximum Gasteiger partial charge on any atom is 0.325 e. The fourth-order valence-corrected chi connectivity index (χ4v) is 2.94. The predicted molar refractivity (Wildman–Crippen MR) is 84.4 cm³/mol. The number of ether oxygens (including phenoxy) is 3. The summed E-state index contributed by atoms with van der Waals surface area (Å²) < 4.78 is 26.8. The summed E-state index contributed by atoms with van der Waals surface area (Å²) in [6.45, 7) is 1.23. The van der Waals surface area contributed by atoms with Crippen LogP contribution in [0.3, 0.4) is 0 Å². The van der Waals surface area contributed by atoms with E-state index in [4.69, 9.17) is 23.0 Å². The Morgan fingerprint density at radius 3 is 2.80 bits per heavy atom. The van der Waals surface area contributed by atoms with Crippen molar-refractivity contribution >= 4 is 5.97 Å². The van der Waals surface area contributed by atoms with E-state index in [2.05, 4.69) is 15.5 Å². The van der Waals surface area contributed by atoms with Crippen LogP contribution in [-0.2, 0) is 25.5 Å². The van der Waals surface area contributed by atoms with Gasteiger partial charge in [-0.05, 0) is 12.1 Å². The first-order valence-corrected chi connectivity index (χ1v) is 7.99. The summed E-state index contributed by atoms with van der Waals surface area (Å²) in [5, 5.41) is 11.0. The minimum Gasteiger partial charge on any atom is -0.468 e. The van der Waals surface area contributed by atoms with Gasteiger partial charge in [-0.25, -0.2) is 0 Å². The Hall–Kier alpha value is -2.23. The molecule has 1 aliphatic heterocycles. The van der Waals surface area contributed by atoms with Crippen molar-refractivity contribution < 1.29 is 27.8 Å². The zero-order chi connectivity index (χ0) is 17.7. The molecular weight excluding hydrogens is 330 g/mol. The van der Waals surface area contributed by atoms with Gasteiger partial charge >= 0.3 is 5.97 Å². The molecule has 0 aromatic carbocycles. The SMILES string of the molecule is COC(=O)C(NCc1nnc(-c2ccco2)o1)C1(OC)CCOCC1. The molecule has 3 heterocycles. The number of methoxy groups -OCH3 is 2. The van der Waals surface area contributed by atoms with Crippen molar-refractivity contribution in [3.63, 3.8) is 0 Å². The van der Waals surface area contributed by atoms with E-state index in [1.807, 2.05) is 0 Å². The molecule has 136 valence electrons. The number of nitrogens with zero attached hydrogens (tertiary/aromatic N) is 2. The van der Waals surface area contributed by atoms with Crippen molar-refractivity contribution in [1.82, 2.24) is 15.5 Å². The highest BCUT2D eigenvalue weighted by Gasteiger charge is 2.45. The number of rotatable bonds is 7. The van der Waals surface area contributed by atoms with E-state index in [0.717, 1.165) is 0 Å². The summed E-state index contributed by atoms with van der Waals surface area (Å²) >= 11 is 0. The van der Waals surface area contributed by atoms with Crippen LogP contribution in [0.1, 0.15) is 18.7 Å². The summed E-state index contributed by atoms with van der Waals surface area (Å²) in [5.74, 6) is 0.693. The van der Waals surface area contributed by atoms with Crippen LogP contribution in [0.4, 0.5) is 0 Å². The van der Waals surface area contributed by atoms with Crippen molar-refractivity contribution in [3.8, 4) is 11.7 Å². The molecule has 3 rings (SSSR count). The van der Waals surface area contributed by atoms with Gasteiger partial charge in [-0.3, -0.25) is 10.1 Å². The average molecular weight is 351 g/mol. The normalized spacial score (nSPS) is 18.0. The Balaban J connectivity index is 1.72. The van der Waals surface area contributed by atoms with E-state index in [-0.39, 0.29) is 12.4 Å². The van der Waals surface area contributed by atoms with Crippen LogP contribution in [0.25, 0.3) is 11.7 Å². The van der Waals surface area contributed by atoms with Crippen LogP contribution in [0.2, 0.25) is 0 Å². The molecule has 1 N–H and O–H groups in total. The van der Waals surface area contributed by atoms with Gasteiger partial charge < -0.3 is 23.0 Å². The number of hydrogen-bond acceptors (Lipinski definition) is 9. The van der Waals surface area contributed by atoms with Crippen LogP contribution >= 0.6 is 0 Å². The van der Waals surface area contributed by atoms with Gasteiger partial charge in [-0.2, -0.15) is 0 Å². The molecule has 25 heavy (non-hydrogen) atoms. The molecule has 1 saturated heterocycles. The van der Waals surface area contributed by atoms with Crippen LogP contribution in [-0.4, -0.2) is 55.2 Å². The van der Waals surface area contributed by atoms with Crippen LogP contribution in [0.15, 0.2) is 27.2 Å². The van der Waals surface area contributed by atoms with Gasteiger partial charge in [-0.15, -0.1) is 10.2 Å². The fourth-order valence-electron chi connectivity index (χ4n) is 2.94. The number of aromatic nitrogens is 2. The Morgan fingerprint density at radius 1 is 1.36 bits per heavy atom. The highest BCUT2D eigenvalue weighted by atomic mass is 16.5. The number of esters is 1. The minimum atomic E-state index is -0.699. The second-order valence-corrected chi connectivity index (χ2v) is 5.70. The summed E-state index contributed by atoms with van der Waals surface area (Å²) in [6, 6.07) is 2.78. The zero-order valence-electron chi connectivity index (χ0n) is 14.2. The summed E-state index contributed by atoms with van der Waals surface area (Å²) in [4.78, 5) is 12.3. The molecule has 0 radical (unpaired) electrons. The lowest BCUT2D eigenvalue weighted by molar-refractivity contribution is -0.161. The first-order valence-electron chi connectivity index (χ1n) is 7.99. The van der Waals surface area contributed by atoms with Crippen molar-refractivity contribution in [2.45, 2.75) is 31.0 Å². The van der Waals surface area contributed by atoms with E-state index >= 15 is 0 Å². The Bertz CT molecular complexity index is 678. The van der Waals surface area contributed by atoms with Crippen LogP contribution < -0.4 is 5.32 Å². The van der Waals surface area contributed by atoms with E-state index in [1.54, 1.807) is 19.2 Å². The topological polar surface area (TPSA) is 109 Å². The standard InChI is InChI=1S/C16H21N3O6/c1-21-15(20)13(16(22-2)5-8-23-9-6-16)17-10-12-18-19-14(25-12)11-4-3-7-24-11/h3-4,7,13,17H,5-6,8-10H2,1-2H3. The highest BCUT2D eigenvalue weighted by Crippen LogP contribution is 2.29. The molecule has 1 aliphatic rings. The average Bonchev–Trinajstić information content (AvgIpc) is 3.34. The Labute approximate surface area is 144 Å². The molecule has 9 nitrogen and oxygen atoms in total. The van der Waals surface area contributed by atoms with Gasteiger partial charge in [0.05, 0.1) is 25.5 Å². The molecule has 2 aromatic heterocycles. The Morgan fingerprint density at radius 2 is 2.16 bits per heavy atom. The monoisotopic (exact) mass is 351 g/mol. The maximum absolute atomic E-state index is 12.3. The number of furan rings is 1. The van der Waals surface area contributed by atoms with Gasteiger partial charge in [0.2, 0.25) is 5.89 Å². The van der Waals surface area contributed by atoms with Gasteiger partial charge in [0.15, 0.2) is 5.76 Å². The van der Waals surface area contributed by atoms with Crippen molar-refractivity contribution in [2.24, 2.45) is 0 Å². The van der Waals surface area contributed by atoms with E-state index in [0.29, 0.717) is 37.7 Å². The molecule has 1 atom stereocenters. The van der Waals surface area contributed by atoms with Crippen molar-refractivity contribution in [3.05, 3.63) is 24.3 Å². The van der Waals surface area contributed by atoms with Gasteiger partial charge in [0.1, 0.15) is 6.04 Å². The molecule has 2 aromatic rings. The van der Waals surface area contributed by atoms with Gasteiger partial charge in [0.25, 0.3) is 5.89 Å². The molecule has 1 fully saturated rings. The molecular formula is C16H21N3O6. The third-order valence-corrected chi connectivity index (χ3v) is 4.36. The van der Waals surface area contributed by atoms with Crippen LogP contribution in [0, 0.1) is 0 Å². The molecule has 0 amide bonds. The Kier molecular flexibility index (Phi) is 5.47. The first-order chi connectivity index (χ1) is 12.2. The molecule has 1 unspecified atom stereocenters. The first kappa shape index (κ1) is 17.6. The molecule has 9 heteroatoms. The smallest absolute Gasteiger partial charge is 0.325 e. The number of carbonyl (C=O) groups is 1. The van der Waals surface area contributed by atoms with E-state index in [1.165, 1.54) is 13.4 Å². The third kappa shape index (κ3) is 3.73. The summed E-state index contributed by atoms with van der Waals surface area (Å²) in [5.41, 5.74) is -0.699. The summed E-state index contributed by atoms with van der Waals surface area (Å²) in [6.07, 6.45) is 2.69. The lowest BCUT2D eigenvalue weighted by Gasteiger charge is -2.40. The van der Waals surface area contributed by atoms with Crippen LogP contribution in [0.5, 0.6) is 0 Å². The highest BCUT2D eigenvalue weighted by molar-refractivity contribution is 5.77.